The summed E-state index contributed by atoms with van der Waals surface area (Å²) in [4.78, 5) is 60.9. The first kappa shape index (κ1) is 39.8. The van der Waals surface area contributed by atoms with Gasteiger partial charge < -0.3 is 24.5 Å². The average molecular weight is 782 g/mol. The van der Waals surface area contributed by atoms with Crippen molar-refractivity contribution in [2.45, 2.75) is 57.8 Å². The molecule has 12 heteroatoms. The third-order valence-corrected chi connectivity index (χ3v) is 10.5. The van der Waals surface area contributed by atoms with Gasteiger partial charge >= 0.3 is 5.97 Å². The molecule has 7 rings (SSSR count). The molecule has 0 radical (unpaired) electrons. The second-order valence-electron chi connectivity index (χ2n) is 14.8. The number of likely N-dealkylation sites (tertiary alicyclic amines) is 1. The standard InChI is InChI=1S/C46H48FN7O4/c1-5-25-53(45(56)42(52(3)4)36-14-9-10-15-37(36)47)29-41-48-27-38(50-41)33-21-17-31(18-22-33)32-19-23-34(24-20-32)39-28-49-44(51-39)40-16-11-26-54(40)46(57)43(58-30(2)55)35-12-7-6-8-13-35/h6-10,12-15,17-24,27-28,40,42-43H,5,11,16,25-26,29H2,1-4H3,(H,48,50)(H,49,51)/t40-,42+,43-/m0/s1. The summed E-state index contributed by atoms with van der Waals surface area (Å²) < 4.78 is 20.3. The number of nitrogens with zero attached hydrogens (tertiary/aromatic N) is 5. The number of aromatic amines is 2. The van der Waals surface area contributed by atoms with Gasteiger partial charge in [-0.2, -0.15) is 0 Å². The molecule has 4 aromatic carbocycles. The SMILES string of the molecule is CCCN(Cc1ncc(-c2ccc(-c3ccc(-c4cnc([C@@H]5CCCN5C(=O)[C@@H](OC(C)=O)c5ccccc5)[nH]4)cc3)cc2)[nH]1)C(=O)[C@@H](c1ccccc1F)N(C)C. The van der Waals surface area contributed by atoms with Gasteiger partial charge in [0.1, 0.15) is 23.5 Å². The summed E-state index contributed by atoms with van der Waals surface area (Å²) in [6.07, 6.45) is 4.87. The van der Waals surface area contributed by atoms with E-state index in [1.807, 2.05) is 49.4 Å². The van der Waals surface area contributed by atoms with Crippen molar-refractivity contribution >= 4 is 17.8 Å². The van der Waals surface area contributed by atoms with Crippen LogP contribution < -0.4 is 0 Å². The molecule has 1 aliphatic rings. The Labute approximate surface area is 337 Å². The Hall–Kier alpha value is -6.40. The molecule has 11 nitrogen and oxygen atoms in total. The van der Waals surface area contributed by atoms with E-state index in [1.54, 1.807) is 71.5 Å². The van der Waals surface area contributed by atoms with Crippen LogP contribution >= 0.6 is 0 Å². The molecule has 1 fully saturated rings. The quantitative estimate of drug-likeness (QED) is 0.107. The largest absolute Gasteiger partial charge is 0.447 e. The topological polar surface area (TPSA) is 128 Å². The lowest BCUT2D eigenvalue weighted by molar-refractivity contribution is -0.159. The zero-order valence-electron chi connectivity index (χ0n) is 33.2. The normalized spacial score (nSPS) is 15.0. The van der Waals surface area contributed by atoms with Crippen molar-refractivity contribution in [3.05, 3.63) is 144 Å². The summed E-state index contributed by atoms with van der Waals surface area (Å²) in [6.45, 7) is 4.66. The zero-order valence-corrected chi connectivity index (χ0v) is 33.2. The molecule has 2 N–H and O–H groups in total. The number of ether oxygens (including phenoxy) is 1. The second-order valence-corrected chi connectivity index (χ2v) is 14.8. The lowest BCUT2D eigenvalue weighted by Gasteiger charge is -2.30. The predicted octanol–water partition coefficient (Wildman–Crippen LogP) is 8.28. The Morgan fingerprint density at radius 2 is 1.43 bits per heavy atom. The predicted molar refractivity (Wildman–Crippen MR) is 220 cm³/mol. The number of nitrogens with one attached hydrogen (secondary N) is 2. The molecule has 0 spiro atoms. The van der Waals surface area contributed by atoms with Crippen LogP contribution in [0.3, 0.4) is 0 Å². The summed E-state index contributed by atoms with van der Waals surface area (Å²) in [5.74, 6) is -0.00896. The molecule has 0 aliphatic carbocycles. The van der Waals surface area contributed by atoms with Gasteiger partial charge in [-0.3, -0.25) is 19.3 Å². The third kappa shape index (κ3) is 8.77. The summed E-state index contributed by atoms with van der Waals surface area (Å²) in [5, 5.41) is 0. The van der Waals surface area contributed by atoms with Gasteiger partial charge in [0.2, 0.25) is 12.0 Å². The van der Waals surface area contributed by atoms with E-state index in [-0.39, 0.29) is 24.4 Å². The van der Waals surface area contributed by atoms with Crippen molar-refractivity contribution in [2.24, 2.45) is 0 Å². The number of rotatable bonds is 14. The number of hydrogen-bond donors (Lipinski definition) is 2. The lowest BCUT2D eigenvalue weighted by Crippen LogP contribution is -2.41. The fourth-order valence-corrected chi connectivity index (χ4v) is 7.67. The number of carbonyl (C=O) groups excluding carboxylic acids is 3. The van der Waals surface area contributed by atoms with Gasteiger partial charge in [0, 0.05) is 31.1 Å². The molecule has 1 aliphatic heterocycles. The maximum Gasteiger partial charge on any atom is 0.303 e. The van der Waals surface area contributed by atoms with Crippen LogP contribution in [0.2, 0.25) is 0 Å². The number of likely N-dealkylation sites (N-methyl/N-ethyl adjacent to an activating group) is 1. The Bertz CT molecular complexity index is 2340. The van der Waals surface area contributed by atoms with Crippen molar-refractivity contribution in [3.63, 3.8) is 0 Å². The number of benzene rings is 4. The Kier molecular flexibility index (Phi) is 12.2. The first-order valence-electron chi connectivity index (χ1n) is 19.6. The highest BCUT2D eigenvalue weighted by Crippen LogP contribution is 2.35. The van der Waals surface area contributed by atoms with E-state index in [4.69, 9.17) is 4.74 Å². The number of H-pyrrole nitrogens is 2. The van der Waals surface area contributed by atoms with E-state index in [0.717, 1.165) is 52.9 Å². The zero-order chi connectivity index (χ0) is 40.8. The lowest BCUT2D eigenvalue weighted by atomic mass is 10.0. The van der Waals surface area contributed by atoms with Crippen LogP contribution in [-0.2, 0) is 25.7 Å². The summed E-state index contributed by atoms with van der Waals surface area (Å²) >= 11 is 0. The molecule has 58 heavy (non-hydrogen) atoms. The molecule has 6 aromatic rings. The number of hydrogen-bond acceptors (Lipinski definition) is 7. The molecular formula is C46H48FN7O4. The molecule has 0 unspecified atom stereocenters. The van der Waals surface area contributed by atoms with Crippen molar-refractivity contribution in [2.75, 3.05) is 27.2 Å². The number of esters is 1. The fraction of sp³-hybridized carbons (Fsp3) is 0.283. The molecule has 2 aromatic heterocycles. The van der Waals surface area contributed by atoms with Gasteiger partial charge in [0.15, 0.2) is 0 Å². The van der Waals surface area contributed by atoms with Crippen LogP contribution in [0, 0.1) is 5.82 Å². The van der Waals surface area contributed by atoms with E-state index in [1.165, 1.54) is 13.0 Å². The fourth-order valence-electron chi connectivity index (χ4n) is 7.67. The van der Waals surface area contributed by atoms with Crippen LogP contribution in [0.15, 0.2) is 116 Å². The third-order valence-electron chi connectivity index (χ3n) is 10.5. The number of carbonyl (C=O) groups is 3. The van der Waals surface area contributed by atoms with Crippen molar-refractivity contribution < 1.29 is 23.5 Å². The van der Waals surface area contributed by atoms with E-state index < -0.39 is 23.9 Å². The minimum absolute atomic E-state index is 0.180. The van der Waals surface area contributed by atoms with Crippen LogP contribution in [-0.4, -0.2) is 79.6 Å². The highest BCUT2D eigenvalue weighted by Gasteiger charge is 2.38. The van der Waals surface area contributed by atoms with Crippen molar-refractivity contribution in [1.82, 2.24) is 34.6 Å². The number of amides is 2. The second kappa shape index (κ2) is 17.8. The Morgan fingerprint density at radius 3 is 2.05 bits per heavy atom. The summed E-state index contributed by atoms with van der Waals surface area (Å²) in [5.41, 5.74) is 6.67. The maximum atomic E-state index is 14.8. The van der Waals surface area contributed by atoms with Crippen molar-refractivity contribution in [3.8, 4) is 33.6 Å². The first-order chi connectivity index (χ1) is 28.1. The first-order valence-corrected chi connectivity index (χ1v) is 19.6. The molecule has 0 saturated carbocycles. The molecule has 0 bridgehead atoms. The highest BCUT2D eigenvalue weighted by atomic mass is 19.1. The molecule has 3 atom stereocenters. The number of halogens is 1. The molecular weight excluding hydrogens is 734 g/mol. The van der Waals surface area contributed by atoms with Gasteiger partial charge in [-0.25, -0.2) is 14.4 Å². The molecule has 1 saturated heterocycles. The molecule has 3 heterocycles. The van der Waals surface area contributed by atoms with Crippen LogP contribution in [0.1, 0.15) is 74.1 Å². The number of imidazole rings is 2. The highest BCUT2D eigenvalue weighted by molar-refractivity contribution is 5.85. The van der Waals surface area contributed by atoms with Gasteiger partial charge in [0.05, 0.1) is 36.4 Å². The minimum atomic E-state index is -1.01. The maximum absolute atomic E-state index is 14.8. The van der Waals surface area contributed by atoms with E-state index >= 15 is 0 Å². The summed E-state index contributed by atoms with van der Waals surface area (Å²) in [7, 11) is 3.57. The average Bonchev–Trinajstić information content (AvgIpc) is 4.03. The van der Waals surface area contributed by atoms with Crippen LogP contribution in [0.5, 0.6) is 0 Å². The summed E-state index contributed by atoms with van der Waals surface area (Å²) in [6, 6.07) is 30.9. The number of aromatic nitrogens is 4. The minimum Gasteiger partial charge on any atom is -0.447 e. The Balaban J connectivity index is 1.01. The van der Waals surface area contributed by atoms with Crippen molar-refractivity contribution in [1.29, 1.82) is 0 Å². The van der Waals surface area contributed by atoms with Gasteiger partial charge in [-0.05, 0) is 61.7 Å². The van der Waals surface area contributed by atoms with Crippen LogP contribution in [0.25, 0.3) is 33.6 Å². The van der Waals surface area contributed by atoms with E-state index in [2.05, 4.69) is 44.2 Å². The molecule has 2 amide bonds. The van der Waals surface area contributed by atoms with E-state index in [0.29, 0.717) is 35.9 Å². The Morgan fingerprint density at radius 1 is 0.828 bits per heavy atom. The monoisotopic (exact) mass is 781 g/mol. The van der Waals surface area contributed by atoms with E-state index in [9.17, 15) is 18.8 Å². The van der Waals surface area contributed by atoms with Gasteiger partial charge in [0.25, 0.3) is 5.91 Å². The van der Waals surface area contributed by atoms with Crippen LogP contribution in [0.4, 0.5) is 4.39 Å². The molecule has 298 valence electrons. The van der Waals surface area contributed by atoms with Gasteiger partial charge in [-0.15, -0.1) is 0 Å². The van der Waals surface area contributed by atoms with Gasteiger partial charge in [-0.1, -0.05) is 104 Å². The smallest absolute Gasteiger partial charge is 0.303 e.